The van der Waals surface area contributed by atoms with Crippen LogP contribution in [0, 0.1) is 0 Å². The lowest BCUT2D eigenvalue weighted by Gasteiger charge is -2.16. The summed E-state index contributed by atoms with van der Waals surface area (Å²) in [6.45, 7) is 1.13. The van der Waals surface area contributed by atoms with E-state index in [9.17, 15) is 0 Å². The van der Waals surface area contributed by atoms with Gasteiger partial charge in [-0.1, -0.05) is 23.2 Å². The molecule has 0 bridgehead atoms. The third kappa shape index (κ3) is 3.32. The first-order valence-electron chi connectivity index (χ1n) is 5.81. The SMILES string of the molecule is COCCn1ncc(Br)c1C(N)c1ncc(Cl)cc1Cl. The second kappa shape index (κ2) is 6.87. The first kappa shape index (κ1) is 15.7. The van der Waals surface area contributed by atoms with Crippen molar-refractivity contribution in [3.63, 3.8) is 0 Å². The Morgan fingerprint density at radius 1 is 1.45 bits per heavy atom. The highest BCUT2D eigenvalue weighted by Gasteiger charge is 2.21. The fourth-order valence-corrected chi connectivity index (χ4v) is 2.86. The van der Waals surface area contributed by atoms with Crippen molar-refractivity contribution in [3.8, 4) is 0 Å². The summed E-state index contributed by atoms with van der Waals surface area (Å²) in [4.78, 5) is 4.21. The van der Waals surface area contributed by atoms with Crippen LogP contribution in [0.5, 0.6) is 0 Å². The summed E-state index contributed by atoms with van der Waals surface area (Å²) in [5.74, 6) is 0. The molecule has 5 nitrogen and oxygen atoms in total. The van der Waals surface area contributed by atoms with Crippen molar-refractivity contribution in [1.82, 2.24) is 14.8 Å². The third-order valence-electron chi connectivity index (χ3n) is 2.77. The monoisotopic (exact) mass is 378 g/mol. The van der Waals surface area contributed by atoms with Gasteiger partial charge < -0.3 is 10.5 Å². The second-order valence-electron chi connectivity index (χ2n) is 4.09. The van der Waals surface area contributed by atoms with E-state index < -0.39 is 6.04 Å². The maximum Gasteiger partial charge on any atom is 0.0923 e. The molecule has 2 rings (SSSR count). The predicted molar refractivity (Wildman–Crippen MR) is 82.1 cm³/mol. The summed E-state index contributed by atoms with van der Waals surface area (Å²) in [7, 11) is 1.63. The van der Waals surface area contributed by atoms with E-state index in [1.165, 1.54) is 6.20 Å². The lowest BCUT2D eigenvalue weighted by atomic mass is 10.1. The van der Waals surface area contributed by atoms with Gasteiger partial charge in [-0.3, -0.25) is 9.67 Å². The lowest BCUT2D eigenvalue weighted by Crippen LogP contribution is -2.20. The number of hydrogen-bond acceptors (Lipinski definition) is 4. The molecule has 0 aromatic carbocycles. The van der Waals surface area contributed by atoms with E-state index in [2.05, 4.69) is 26.0 Å². The van der Waals surface area contributed by atoms with Crippen LogP contribution in [0.2, 0.25) is 10.0 Å². The Morgan fingerprint density at radius 2 is 2.20 bits per heavy atom. The summed E-state index contributed by atoms with van der Waals surface area (Å²) >= 11 is 15.4. The zero-order chi connectivity index (χ0) is 14.7. The van der Waals surface area contributed by atoms with E-state index in [1.807, 2.05) is 0 Å². The molecule has 1 unspecified atom stereocenters. The van der Waals surface area contributed by atoms with Crippen molar-refractivity contribution < 1.29 is 4.74 Å². The molecular formula is C12H13BrCl2N4O. The van der Waals surface area contributed by atoms with Crippen molar-refractivity contribution >= 4 is 39.1 Å². The number of rotatable bonds is 5. The van der Waals surface area contributed by atoms with Crippen molar-refractivity contribution in [1.29, 1.82) is 0 Å². The molecule has 20 heavy (non-hydrogen) atoms. The molecule has 1 atom stereocenters. The zero-order valence-corrected chi connectivity index (χ0v) is 13.8. The van der Waals surface area contributed by atoms with Crippen LogP contribution in [-0.4, -0.2) is 28.5 Å². The Balaban J connectivity index is 2.37. The fraction of sp³-hybridized carbons (Fsp3) is 0.333. The maximum absolute atomic E-state index is 6.26. The molecule has 0 radical (unpaired) electrons. The predicted octanol–water partition coefficient (Wildman–Crippen LogP) is 3.04. The quantitative estimate of drug-likeness (QED) is 0.866. The van der Waals surface area contributed by atoms with Gasteiger partial charge in [-0.25, -0.2) is 0 Å². The van der Waals surface area contributed by atoms with Gasteiger partial charge in [-0.05, 0) is 22.0 Å². The highest BCUT2D eigenvalue weighted by molar-refractivity contribution is 9.10. The Kier molecular flexibility index (Phi) is 5.40. The van der Waals surface area contributed by atoms with Crippen LogP contribution in [0.3, 0.4) is 0 Å². The molecule has 0 aliphatic rings. The summed E-state index contributed by atoms with van der Waals surface area (Å²) in [5.41, 5.74) is 7.61. The first-order valence-corrected chi connectivity index (χ1v) is 7.36. The molecule has 8 heteroatoms. The molecule has 2 N–H and O–H groups in total. The minimum Gasteiger partial charge on any atom is -0.383 e. The van der Waals surface area contributed by atoms with Crippen molar-refractivity contribution in [2.24, 2.45) is 5.73 Å². The molecule has 2 aromatic heterocycles. The van der Waals surface area contributed by atoms with Gasteiger partial charge in [-0.2, -0.15) is 5.10 Å². The maximum atomic E-state index is 6.26. The van der Waals surface area contributed by atoms with Crippen LogP contribution in [0.4, 0.5) is 0 Å². The van der Waals surface area contributed by atoms with Gasteiger partial charge in [0.1, 0.15) is 0 Å². The van der Waals surface area contributed by atoms with Crippen LogP contribution in [0.25, 0.3) is 0 Å². The number of halogens is 3. The van der Waals surface area contributed by atoms with Gasteiger partial charge in [0.05, 0.1) is 51.3 Å². The van der Waals surface area contributed by atoms with Crippen molar-refractivity contribution in [2.75, 3.05) is 13.7 Å². The molecule has 0 amide bonds. The number of hydrogen-bond donors (Lipinski definition) is 1. The molecular weight excluding hydrogens is 367 g/mol. The van der Waals surface area contributed by atoms with Gasteiger partial charge in [0.15, 0.2) is 0 Å². The standard InChI is InChI=1S/C12H13BrCl2N4O/c1-20-3-2-19-12(8(13)6-18-19)10(16)11-9(15)4-7(14)5-17-11/h4-6,10H,2-3,16H2,1H3. The summed E-state index contributed by atoms with van der Waals surface area (Å²) in [6, 6.07) is 1.11. The minimum atomic E-state index is -0.506. The number of nitrogens with zero attached hydrogens (tertiary/aromatic N) is 3. The van der Waals surface area contributed by atoms with Crippen molar-refractivity contribution in [3.05, 3.63) is 44.4 Å². The van der Waals surface area contributed by atoms with Gasteiger partial charge in [0, 0.05) is 13.3 Å². The van der Waals surface area contributed by atoms with Gasteiger partial charge in [0.25, 0.3) is 0 Å². The van der Waals surface area contributed by atoms with E-state index in [0.29, 0.717) is 28.9 Å². The number of nitrogens with two attached hydrogens (primary N) is 1. The fourth-order valence-electron chi connectivity index (χ4n) is 1.82. The van der Waals surface area contributed by atoms with Crippen LogP contribution in [0.15, 0.2) is 22.9 Å². The smallest absolute Gasteiger partial charge is 0.0923 e. The summed E-state index contributed by atoms with van der Waals surface area (Å²) in [6.07, 6.45) is 3.21. The zero-order valence-electron chi connectivity index (χ0n) is 10.7. The van der Waals surface area contributed by atoms with Crippen LogP contribution >= 0.6 is 39.1 Å². The Hall–Kier alpha value is -0.660. The van der Waals surface area contributed by atoms with E-state index in [0.717, 1.165) is 10.2 Å². The first-order chi connectivity index (χ1) is 9.54. The molecule has 0 spiro atoms. The Morgan fingerprint density at radius 3 is 2.85 bits per heavy atom. The highest BCUT2D eigenvalue weighted by Crippen LogP contribution is 2.30. The lowest BCUT2D eigenvalue weighted by molar-refractivity contribution is 0.182. The molecule has 2 aromatic rings. The Bertz CT molecular complexity index is 605. The minimum absolute atomic E-state index is 0.427. The molecule has 0 saturated heterocycles. The largest absolute Gasteiger partial charge is 0.383 e. The molecule has 0 aliphatic heterocycles. The average molecular weight is 380 g/mol. The Labute approximate surface area is 135 Å². The van der Waals surface area contributed by atoms with E-state index in [4.69, 9.17) is 33.7 Å². The van der Waals surface area contributed by atoms with E-state index in [-0.39, 0.29) is 0 Å². The average Bonchev–Trinajstić information content (AvgIpc) is 2.77. The van der Waals surface area contributed by atoms with E-state index >= 15 is 0 Å². The summed E-state index contributed by atoms with van der Waals surface area (Å²) < 4.78 is 7.63. The summed E-state index contributed by atoms with van der Waals surface area (Å²) in [5, 5.41) is 5.16. The molecule has 0 aliphatic carbocycles. The second-order valence-corrected chi connectivity index (χ2v) is 5.79. The highest BCUT2D eigenvalue weighted by atomic mass is 79.9. The number of aromatic nitrogens is 3. The van der Waals surface area contributed by atoms with E-state index in [1.54, 1.807) is 24.1 Å². The molecule has 2 heterocycles. The normalized spacial score (nSPS) is 12.7. The van der Waals surface area contributed by atoms with Crippen molar-refractivity contribution in [2.45, 2.75) is 12.6 Å². The van der Waals surface area contributed by atoms with Gasteiger partial charge in [-0.15, -0.1) is 0 Å². The van der Waals surface area contributed by atoms with Crippen LogP contribution in [-0.2, 0) is 11.3 Å². The number of methoxy groups -OCH3 is 1. The third-order valence-corrected chi connectivity index (χ3v) is 3.89. The van der Waals surface area contributed by atoms with Crippen LogP contribution in [0.1, 0.15) is 17.4 Å². The van der Waals surface area contributed by atoms with Gasteiger partial charge in [0.2, 0.25) is 0 Å². The molecule has 0 fully saturated rings. The molecule has 108 valence electrons. The van der Waals surface area contributed by atoms with Gasteiger partial charge >= 0.3 is 0 Å². The number of pyridine rings is 1. The molecule has 0 saturated carbocycles. The number of ether oxygens (including phenoxy) is 1. The topological polar surface area (TPSA) is 66.0 Å². The van der Waals surface area contributed by atoms with Crippen LogP contribution < -0.4 is 5.73 Å².